The molecule has 0 saturated carbocycles. The molecular formula is C54H67N7O10. The van der Waals surface area contributed by atoms with E-state index in [1.165, 1.54) is 34.6 Å². The highest BCUT2D eigenvalue weighted by Crippen LogP contribution is 2.38. The Kier molecular flexibility index (Phi) is 17.4. The summed E-state index contributed by atoms with van der Waals surface area (Å²) in [6, 6.07) is 10.1. The number of benzene rings is 1. The van der Waals surface area contributed by atoms with Crippen LogP contribution < -0.4 is 31.4 Å². The monoisotopic (exact) mass is 973 g/mol. The Morgan fingerprint density at radius 2 is 1.32 bits per heavy atom. The third kappa shape index (κ3) is 13.8. The average Bonchev–Trinajstić information content (AvgIpc) is 3.29. The number of hydrogen-bond acceptors (Lipinski definition) is 11. The lowest BCUT2D eigenvalue weighted by Crippen LogP contribution is -2.48. The van der Waals surface area contributed by atoms with Crippen molar-refractivity contribution in [1.29, 1.82) is 0 Å². The zero-order valence-corrected chi connectivity index (χ0v) is 42.1. The van der Waals surface area contributed by atoms with Crippen LogP contribution in [-0.2, 0) is 30.3 Å². The van der Waals surface area contributed by atoms with Crippen molar-refractivity contribution < 1.29 is 38.9 Å². The minimum atomic E-state index is -1.14. The van der Waals surface area contributed by atoms with E-state index in [0.717, 1.165) is 22.4 Å². The van der Waals surface area contributed by atoms with Gasteiger partial charge in [0.25, 0.3) is 11.1 Å². The molecule has 6 rings (SSSR count). The quantitative estimate of drug-likeness (QED) is 0.0575. The summed E-state index contributed by atoms with van der Waals surface area (Å²) >= 11 is 0. The fraction of sp³-hybridized carbons (Fsp3) is 0.444. The number of carboxylic acid groups (broad SMARTS) is 2. The van der Waals surface area contributed by atoms with Gasteiger partial charge in [0.05, 0.1) is 56.1 Å². The molecule has 1 aromatic carbocycles. The van der Waals surface area contributed by atoms with Gasteiger partial charge in [-0.2, -0.15) is 0 Å². The van der Waals surface area contributed by atoms with E-state index in [-0.39, 0.29) is 29.4 Å². The molecule has 1 saturated heterocycles. The van der Waals surface area contributed by atoms with E-state index >= 15 is 0 Å². The summed E-state index contributed by atoms with van der Waals surface area (Å²) < 4.78 is 14.7. The number of nitrogens with zero attached hydrogens (tertiary/aromatic N) is 5. The van der Waals surface area contributed by atoms with E-state index in [4.69, 9.17) is 9.47 Å². The van der Waals surface area contributed by atoms with Crippen molar-refractivity contribution in [3.63, 3.8) is 0 Å². The van der Waals surface area contributed by atoms with Gasteiger partial charge in [-0.3, -0.25) is 38.7 Å². The number of anilines is 1. The van der Waals surface area contributed by atoms with Gasteiger partial charge in [-0.05, 0) is 110 Å². The molecule has 1 aliphatic heterocycles. The van der Waals surface area contributed by atoms with Gasteiger partial charge in [-0.1, -0.05) is 39.8 Å². The largest absolute Gasteiger partial charge is 0.496 e. The number of carbonyl (C=O) groups excluding carboxylic acids is 2. The van der Waals surface area contributed by atoms with Gasteiger partial charge in [0, 0.05) is 73.8 Å². The number of carbonyl (C=O) groups is 4. The summed E-state index contributed by atoms with van der Waals surface area (Å²) in [6.07, 6.45) is 9.64. The SMILES string of the molecule is COc1c(Cc2ccn([C@@H](CC(C)C)C(=O)N[C@@H](CC(=O)O)c3cncc(N4CCOC(C)(C)C4)c3)c(=O)c2)ccc(C)c1-c1cncc([C@H](CC(=O)O)NC(=O)[C@H](CC(C)C)n2ccc(C)cc2=O)c1. The summed E-state index contributed by atoms with van der Waals surface area (Å²) in [6.45, 7) is 17.2. The molecular weight excluding hydrogens is 907 g/mol. The number of ether oxygens (including phenoxy) is 2. The number of aryl methyl sites for hydroxylation is 2. The Morgan fingerprint density at radius 3 is 1.86 bits per heavy atom. The highest BCUT2D eigenvalue weighted by Gasteiger charge is 2.31. The first-order valence-corrected chi connectivity index (χ1v) is 24.0. The number of aliphatic carboxylic acids is 2. The highest BCUT2D eigenvalue weighted by atomic mass is 16.5. The second-order valence-corrected chi connectivity index (χ2v) is 20.0. The second-order valence-electron chi connectivity index (χ2n) is 20.0. The molecule has 1 aliphatic rings. The molecule has 0 aliphatic carbocycles. The van der Waals surface area contributed by atoms with Crippen LogP contribution in [0.15, 0.2) is 95.3 Å². The predicted molar refractivity (Wildman–Crippen MR) is 270 cm³/mol. The number of carboxylic acids is 2. The van der Waals surface area contributed by atoms with Crippen LogP contribution in [0.5, 0.6) is 5.75 Å². The third-order valence-electron chi connectivity index (χ3n) is 12.6. The van der Waals surface area contributed by atoms with E-state index in [1.54, 1.807) is 56.1 Å². The van der Waals surface area contributed by atoms with Gasteiger partial charge >= 0.3 is 11.9 Å². The van der Waals surface area contributed by atoms with Gasteiger partial charge in [-0.25, -0.2) is 0 Å². The van der Waals surface area contributed by atoms with Crippen LogP contribution in [0.3, 0.4) is 0 Å². The Hall–Kier alpha value is -7.14. The number of hydrogen-bond donors (Lipinski definition) is 4. The van der Waals surface area contributed by atoms with Gasteiger partial charge in [0.2, 0.25) is 11.8 Å². The first kappa shape index (κ1) is 53.2. The molecule has 0 unspecified atom stereocenters. The molecule has 5 aromatic rings. The lowest BCUT2D eigenvalue weighted by atomic mass is 9.93. The molecule has 71 heavy (non-hydrogen) atoms. The first-order chi connectivity index (χ1) is 33.6. The summed E-state index contributed by atoms with van der Waals surface area (Å²) in [7, 11) is 1.54. The number of aromatic nitrogens is 4. The van der Waals surface area contributed by atoms with Crippen LogP contribution >= 0.6 is 0 Å². The fourth-order valence-electron chi connectivity index (χ4n) is 9.23. The maximum absolute atomic E-state index is 14.3. The molecule has 4 aromatic heterocycles. The Bertz CT molecular complexity index is 2850. The molecule has 4 atom stereocenters. The van der Waals surface area contributed by atoms with E-state index in [1.807, 2.05) is 66.7 Å². The number of pyridine rings is 4. The highest BCUT2D eigenvalue weighted by molar-refractivity contribution is 5.83. The summed E-state index contributed by atoms with van der Waals surface area (Å²) in [5.41, 5.74) is 4.83. The van der Waals surface area contributed by atoms with E-state index in [2.05, 4.69) is 25.5 Å². The van der Waals surface area contributed by atoms with Crippen LogP contribution in [0.25, 0.3) is 11.1 Å². The van der Waals surface area contributed by atoms with Crippen molar-refractivity contribution in [3.05, 3.63) is 140 Å². The lowest BCUT2D eigenvalue weighted by molar-refractivity contribution is -0.139. The second kappa shape index (κ2) is 23.2. The molecule has 0 spiro atoms. The average molecular weight is 974 g/mol. The number of rotatable bonds is 21. The minimum Gasteiger partial charge on any atom is -0.496 e. The Morgan fingerprint density at radius 1 is 0.761 bits per heavy atom. The molecule has 5 heterocycles. The van der Waals surface area contributed by atoms with Crippen LogP contribution in [0, 0.1) is 25.7 Å². The van der Waals surface area contributed by atoms with Crippen molar-refractivity contribution >= 4 is 29.4 Å². The van der Waals surface area contributed by atoms with Crippen molar-refractivity contribution in [2.24, 2.45) is 11.8 Å². The van der Waals surface area contributed by atoms with Crippen molar-refractivity contribution in [3.8, 4) is 16.9 Å². The maximum atomic E-state index is 14.3. The summed E-state index contributed by atoms with van der Waals surface area (Å²) in [5.74, 6) is -2.70. The molecule has 0 bridgehead atoms. The molecule has 4 N–H and O–H groups in total. The van der Waals surface area contributed by atoms with Crippen LogP contribution in [0.2, 0.25) is 0 Å². The van der Waals surface area contributed by atoms with Crippen molar-refractivity contribution in [2.45, 2.75) is 117 Å². The Labute approximate surface area is 414 Å². The Balaban J connectivity index is 1.26. The van der Waals surface area contributed by atoms with Crippen molar-refractivity contribution in [1.82, 2.24) is 29.7 Å². The summed E-state index contributed by atoms with van der Waals surface area (Å²) in [4.78, 5) is 90.8. The molecule has 378 valence electrons. The molecule has 2 amide bonds. The molecule has 17 nitrogen and oxygen atoms in total. The molecule has 1 fully saturated rings. The van der Waals surface area contributed by atoms with Gasteiger partial charge in [0.15, 0.2) is 0 Å². The van der Waals surface area contributed by atoms with Crippen LogP contribution in [0.4, 0.5) is 5.69 Å². The van der Waals surface area contributed by atoms with Gasteiger partial charge in [-0.15, -0.1) is 0 Å². The minimum absolute atomic E-state index is 0.00434. The molecule has 0 radical (unpaired) electrons. The van der Waals surface area contributed by atoms with E-state index in [0.29, 0.717) is 66.1 Å². The standard InChI is InChI=1S/C54H67N7O10/c1-32(2)18-44(60-14-12-34(5)20-46(60)62)52(68)57-42(25-48(64)65)38-23-40(29-55-27-38)50-35(6)10-11-37(51(50)70-9)21-36-13-15-61(47(63)22-36)45(19-33(3)4)53(69)58-43(26-49(66)67)39-24-41(30-56-28-39)59-16-17-71-54(7,8)31-59/h10-15,20,22-24,27-30,32-33,42-45H,16-19,21,25-26,31H2,1-9H3,(H,57,68)(H,58,69)(H,64,65)(H,66,67)/t42-,43-,44-,45-/m0/s1. The van der Waals surface area contributed by atoms with E-state index in [9.17, 15) is 39.0 Å². The van der Waals surface area contributed by atoms with Gasteiger partial charge < -0.3 is 44.4 Å². The smallest absolute Gasteiger partial charge is 0.305 e. The summed E-state index contributed by atoms with van der Waals surface area (Å²) in [5, 5.41) is 25.8. The lowest BCUT2D eigenvalue weighted by Gasteiger charge is -2.39. The topological polar surface area (TPSA) is 224 Å². The number of morpholine rings is 1. The first-order valence-electron chi connectivity index (χ1n) is 24.0. The predicted octanol–water partition coefficient (Wildman–Crippen LogP) is 7.14. The number of amides is 2. The van der Waals surface area contributed by atoms with E-state index < -0.39 is 66.3 Å². The third-order valence-corrected chi connectivity index (χ3v) is 12.6. The zero-order valence-electron chi connectivity index (χ0n) is 42.1. The van der Waals surface area contributed by atoms with Crippen LogP contribution in [0.1, 0.15) is 125 Å². The zero-order chi connectivity index (χ0) is 51.7. The number of methoxy groups -OCH3 is 1. The number of nitrogens with one attached hydrogen (secondary N) is 2. The normalized spacial score (nSPS) is 15.2. The van der Waals surface area contributed by atoms with Crippen LogP contribution in [-0.4, -0.2) is 85.5 Å². The van der Waals surface area contributed by atoms with Gasteiger partial charge in [0.1, 0.15) is 17.8 Å². The van der Waals surface area contributed by atoms with Crippen molar-refractivity contribution in [2.75, 3.05) is 31.7 Å². The maximum Gasteiger partial charge on any atom is 0.305 e. The molecule has 17 heteroatoms. The fourth-order valence-corrected chi connectivity index (χ4v) is 9.23.